The average Bonchev–Trinajstić information content (AvgIpc) is 3.31. The molecule has 2 saturated heterocycles. The van der Waals surface area contributed by atoms with Gasteiger partial charge in [-0.3, -0.25) is 14.7 Å². The van der Waals surface area contributed by atoms with Gasteiger partial charge in [-0.2, -0.15) is 5.10 Å². The number of rotatable bonds is 6. The molecule has 3 heterocycles. The summed E-state index contributed by atoms with van der Waals surface area (Å²) in [6, 6.07) is 8.92. The number of hydrogen-bond acceptors (Lipinski definition) is 6. The number of benzene rings is 2. The van der Waals surface area contributed by atoms with E-state index in [1.807, 2.05) is 0 Å². The highest BCUT2D eigenvalue weighted by Gasteiger charge is 2.51. The third-order valence-electron chi connectivity index (χ3n) is 6.69. The van der Waals surface area contributed by atoms with E-state index in [1.165, 1.54) is 28.1 Å². The van der Waals surface area contributed by atoms with E-state index < -0.39 is 18.3 Å². The van der Waals surface area contributed by atoms with E-state index in [0.717, 1.165) is 27.0 Å². The minimum Gasteiger partial charge on any atom is -0.508 e. The highest BCUT2D eigenvalue weighted by atomic mass is 35.5. The van der Waals surface area contributed by atoms with Crippen LogP contribution < -0.4 is 0 Å². The Labute approximate surface area is 217 Å². The van der Waals surface area contributed by atoms with Crippen molar-refractivity contribution in [3.05, 3.63) is 71.4 Å². The molecule has 0 unspecified atom stereocenters. The van der Waals surface area contributed by atoms with Crippen LogP contribution in [0.1, 0.15) is 11.1 Å². The molecule has 5 rings (SSSR count). The lowest BCUT2D eigenvalue weighted by Gasteiger charge is -2.54. The van der Waals surface area contributed by atoms with E-state index in [-0.39, 0.29) is 50.2 Å². The second-order valence-electron chi connectivity index (χ2n) is 9.05. The van der Waals surface area contributed by atoms with E-state index in [4.69, 9.17) is 11.6 Å². The van der Waals surface area contributed by atoms with Gasteiger partial charge in [-0.05, 0) is 35.4 Å². The van der Waals surface area contributed by atoms with Gasteiger partial charge in [-0.15, -0.1) is 6.58 Å². The van der Waals surface area contributed by atoms with Crippen molar-refractivity contribution in [3.63, 3.8) is 0 Å². The van der Waals surface area contributed by atoms with Crippen LogP contribution in [-0.2, 0) is 22.6 Å². The molecule has 3 aromatic rings. The number of halogens is 1. The summed E-state index contributed by atoms with van der Waals surface area (Å²) < 4.78 is 0. The Balaban J connectivity index is 1.55. The van der Waals surface area contributed by atoms with Crippen LogP contribution in [0.3, 0.4) is 0 Å². The molecule has 12 heteroatoms. The van der Waals surface area contributed by atoms with Crippen molar-refractivity contribution in [3.8, 4) is 5.75 Å². The number of piperazine rings is 1. The van der Waals surface area contributed by atoms with Gasteiger partial charge in [-0.25, -0.2) is 14.8 Å². The Morgan fingerprint density at radius 3 is 2.70 bits per heavy atom. The zero-order valence-corrected chi connectivity index (χ0v) is 20.5. The normalized spacial score (nSPS) is 20.4. The van der Waals surface area contributed by atoms with E-state index in [2.05, 4.69) is 16.8 Å². The summed E-state index contributed by atoms with van der Waals surface area (Å²) >= 11 is 6.31. The maximum absolute atomic E-state index is 13.9. The first-order valence-electron chi connectivity index (χ1n) is 11.6. The lowest BCUT2D eigenvalue weighted by atomic mass is 9.98. The van der Waals surface area contributed by atoms with Crippen LogP contribution in [0, 0.1) is 0 Å². The van der Waals surface area contributed by atoms with Gasteiger partial charge in [0, 0.05) is 29.9 Å². The molecule has 3 amide bonds. The van der Waals surface area contributed by atoms with Gasteiger partial charge in [0.25, 0.3) is 0 Å². The van der Waals surface area contributed by atoms with Crippen LogP contribution >= 0.6 is 11.6 Å². The molecule has 0 radical (unpaired) electrons. The summed E-state index contributed by atoms with van der Waals surface area (Å²) in [5, 5.41) is 30.6. The fraction of sp³-hybridized carbons (Fsp3) is 0.280. The standard InChI is InChI=1S/C25H25ClN6O5/c1-2-7-30-14-22(34)31-20(8-15-3-5-19(33)6-4-15)24(35)29(13-21(31)32(30)25(36)37)12-17-10-18(26)9-16-11-27-28-23(16)17/h2-6,9-11,20-21,33H,1,7-8,12-14H2,(H,27,28)(H,36,37)/t20-,21-/m0/s1. The number of amides is 3. The van der Waals surface area contributed by atoms with Gasteiger partial charge >= 0.3 is 6.09 Å². The van der Waals surface area contributed by atoms with Gasteiger partial charge < -0.3 is 20.0 Å². The van der Waals surface area contributed by atoms with Crippen LogP contribution in [0.15, 0.2) is 55.3 Å². The average molecular weight is 525 g/mol. The number of nitrogens with zero attached hydrogens (tertiary/aromatic N) is 5. The maximum Gasteiger partial charge on any atom is 0.424 e. The summed E-state index contributed by atoms with van der Waals surface area (Å²) in [5.41, 5.74) is 2.16. The van der Waals surface area contributed by atoms with Crippen molar-refractivity contribution in [2.24, 2.45) is 0 Å². The van der Waals surface area contributed by atoms with Crippen molar-refractivity contribution < 1.29 is 24.6 Å². The van der Waals surface area contributed by atoms with Crippen LogP contribution in [0.4, 0.5) is 4.79 Å². The van der Waals surface area contributed by atoms with Crippen molar-refractivity contribution in [1.29, 1.82) is 0 Å². The molecular weight excluding hydrogens is 500 g/mol. The smallest absolute Gasteiger partial charge is 0.424 e. The molecule has 2 fully saturated rings. The van der Waals surface area contributed by atoms with Crippen LogP contribution in [-0.4, -0.2) is 90.0 Å². The molecule has 0 saturated carbocycles. The number of phenols is 1. The number of aromatic amines is 1. The Morgan fingerprint density at radius 1 is 1.24 bits per heavy atom. The number of carbonyl (C=O) groups excluding carboxylic acids is 2. The van der Waals surface area contributed by atoms with Gasteiger partial charge in [-0.1, -0.05) is 29.8 Å². The van der Waals surface area contributed by atoms with Gasteiger partial charge in [0.2, 0.25) is 11.8 Å². The summed E-state index contributed by atoms with van der Waals surface area (Å²) in [4.78, 5) is 42.5. The Kier molecular flexibility index (Phi) is 6.48. The number of fused-ring (bicyclic) bond motifs is 2. The number of aromatic hydroxyl groups is 1. The Hall–Kier alpha value is -4.09. The molecule has 0 aliphatic carbocycles. The third-order valence-corrected chi connectivity index (χ3v) is 6.91. The summed E-state index contributed by atoms with van der Waals surface area (Å²) in [7, 11) is 0. The topological polar surface area (TPSA) is 133 Å². The van der Waals surface area contributed by atoms with Gasteiger partial charge in [0.15, 0.2) is 0 Å². The lowest BCUT2D eigenvalue weighted by molar-refractivity contribution is -0.192. The van der Waals surface area contributed by atoms with E-state index in [0.29, 0.717) is 5.02 Å². The predicted molar refractivity (Wildman–Crippen MR) is 134 cm³/mol. The highest BCUT2D eigenvalue weighted by Crippen LogP contribution is 2.31. The summed E-state index contributed by atoms with van der Waals surface area (Å²) in [5.74, 6) is -0.582. The molecule has 37 heavy (non-hydrogen) atoms. The molecule has 2 atom stereocenters. The Bertz CT molecular complexity index is 1380. The van der Waals surface area contributed by atoms with Crippen molar-refractivity contribution in [2.45, 2.75) is 25.2 Å². The lowest BCUT2D eigenvalue weighted by Crippen LogP contribution is -2.75. The quantitative estimate of drug-likeness (QED) is 0.422. The second kappa shape index (κ2) is 9.75. The number of hydrazine groups is 1. The number of hydrogen-bond donors (Lipinski definition) is 3. The zero-order chi connectivity index (χ0) is 26.3. The minimum atomic E-state index is -1.24. The molecule has 2 aromatic carbocycles. The number of H-pyrrole nitrogens is 1. The van der Waals surface area contributed by atoms with E-state index >= 15 is 0 Å². The largest absolute Gasteiger partial charge is 0.508 e. The monoisotopic (exact) mass is 524 g/mol. The molecular formula is C25H25ClN6O5. The first kappa shape index (κ1) is 24.6. The molecule has 2 aliphatic heterocycles. The van der Waals surface area contributed by atoms with Crippen molar-refractivity contribution in [1.82, 2.24) is 30.0 Å². The molecule has 1 aromatic heterocycles. The van der Waals surface area contributed by atoms with Crippen LogP contribution in [0.5, 0.6) is 5.75 Å². The van der Waals surface area contributed by atoms with Gasteiger partial charge in [0.1, 0.15) is 18.0 Å². The second-order valence-corrected chi connectivity index (χ2v) is 9.49. The molecule has 11 nitrogen and oxygen atoms in total. The van der Waals surface area contributed by atoms with E-state index in [9.17, 15) is 24.6 Å². The number of carbonyl (C=O) groups is 3. The number of nitrogens with one attached hydrogen (secondary N) is 1. The number of aromatic nitrogens is 2. The maximum atomic E-state index is 13.9. The van der Waals surface area contributed by atoms with Crippen LogP contribution in [0.2, 0.25) is 5.02 Å². The third kappa shape index (κ3) is 4.58. The summed E-state index contributed by atoms with van der Waals surface area (Å²) in [6.45, 7) is 3.74. The first-order chi connectivity index (χ1) is 17.8. The van der Waals surface area contributed by atoms with Crippen molar-refractivity contribution in [2.75, 3.05) is 19.6 Å². The number of carboxylic acid groups (broad SMARTS) is 1. The zero-order valence-electron chi connectivity index (χ0n) is 19.7. The fourth-order valence-corrected chi connectivity index (χ4v) is 5.35. The van der Waals surface area contributed by atoms with E-state index in [1.54, 1.807) is 35.4 Å². The van der Waals surface area contributed by atoms with Crippen LogP contribution in [0.25, 0.3) is 10.9 Å². The molecule has 192 valence electrons. The highest BCUT2D eigenvalue weighted by molar-refractivity contribution is 6.31. The molecule has 2 aliphatic rings. The van der Waals surface area contributed by atoms with Crippen molar-refractivity contribution >= 4 is 40.4 Å². The molecule has 3 N–H and O–H groups in total. The Morgan fingerprint density at radius 2 is 2.00 bits per heavy atom. The SMILES string of the molecule is C=CCN1CC(=O)N2[C@@H](Cc3ccc(O)cc3)C(=O)N(Cc3cc(Cl)cc4cn[nH]c34)C[C@@H]2N1C(=O)O. The predicted octanol–water partition coefficient (Wildman–Crippen LogP) is 2.43. The fourth-order valence-electron chi connectivity index (χ4n) is 5.10. The molecule has 0 spiro atoms. The van der Waals surface area contributed by atoms with Gasteiger partial charge in [0.05, 0.1) is 24.8 Å². The minimum absolute atomic E-state index is 0.0290. The summed E-state index contributed by atoms with van der Waals surface area (Å²) in [6.07, 6.45) is 1.15. The number of phenolic OH excluding ortho intramolecular Hbond substituents is 1. The molecule has 0 bridgehead atoms. The first-order valence-corrected chi connectivity index (χ1v) is 12.0.